The molecule has 0 unspecified atom stereocenters. The lowest BCUT2D eigenvalue weighted by molar-refractivity contribution is -0.152. The Morgan fingerprint density at radius 1 is 1.06 bits per heavy atom. The molecule has 1 amide bonds. The van der Waals surface area contributed by atoms with Crippen molar-refractivity contribution in [3.8, 4) is 5.69 Å². The van der Waals surface area contributed by atoms with Crippen molar-refractivity contribution < 1.29 is 27.5 Å². The number of hydrogen-bond donors (Lipinski definition) is 1. The molecule has 1 heterocycles. The minimum absolute atomic E-state index is 0.0460. The summed E-state index contributed by atoms with van der Waals surface area (Å²) in [6.07, 6.45) is -1.32. The van der Waals surface area contributed by atoms with Crippen molar-refractivity contribution in [2.45, 2.75) is 40.2 Å². The van der Waals surface area contributed by atoms with Gasteiger partial charge in [-0.2, -0.15) is 5.10 Å². The second-order valence-corrected chi connectivity index (χ2v) is 7.42. The van der Waals surface area contributed by atoms with Crippen LogP contribution in [0.2, 0.25) is 0 Å². The average molecular weight is 445 g/mol. The molecule has 0 fully saturated rings. The van der Waals surface area contributed by atoms with Crippen molar-refractivity contribution in [2.75, 3.05) is 5.32 Å². The molecule has 0 saturated carbocycles. The molecule has 9 heteroatoms. The third-order valence-electron chi connectivity index (χ3n) is 5.02. The van der Waals surface area contributed by atoms with E-state index >= 15 is 0 Å². The van der Waals surface area contributed by atoms with Crippen molar-refractivity contribution in [1.29, 1.82) is 0 Å². The normalized spacial score (nSPS) is 11.8. The maximum Gasteiger partial charge on any atom is 0.311 e. The molecule has 0 aliphatic heterocycles. The number of carbonyl (C=O) groups is 2. The van der Waals surface area contributed by atoms with Crippen LogP contribution in [0, 0.1) is 38.2 Å². The van der Waals surface area contributed by atoms with E-state index in [0.717, 1.165) is 12.1 Å². The Balaban J connectivity index is 1.68. The number of amides is 1. The van der Waals surface area contributed by atoms with Gasteiger partial charge in [0, 0.05) is 23.0 Å². The number of nitrogens with zero attached hydrogens (tertiary/aromatic N) is 2. The highest BCUT2D eigenvalue weighted by atomic mass is 19.1. The van der Waals surface area contributed by atoms with Crippen molar-refractivity contribution in [1.82, 2.24) is 9.78 Å². The highest BCUT2D eigenvalue weighted by molar-refractivity contribution is 5.95. The van der Waals surface area contributed by atoms with E-state index in [2.05, 4.69) is 10.4 Å². The molecule has 1 atom stereocenters. The van der Waals surface area contributed by atoms with Crippen LogP contribution in [0.1, 0.15) is 29.4 Å². The molecule has 0 radical (unpaired) electrons. The van der Waals surface area contributed by atoms with Gasteiger partial charge in [-0.3, -0.25) is 9.59 Å². The standard InChI is InChI=1S/C23H22F3N3O3/c1-12-5-7-17(10-19(12)25)27-23(31)15(4)32-22(30)11-18-13(2)28-29(14(18)3)21-8-6-16(24)9-20(21)26/h5-10,15H,11H2,1-4H3,(H,27,31)/t15-/m0/s1. The molecule has 3 rings (SSSR count). The highest BCUT2D eigenvalue weighted by Gasteiger charge is 2.22. The molecule has 0 aliphatic rings. The SMILES string of the molecule is Cc1ccc(NC(=O)[C@H](C)OC(=O)Cc2c(C)nn(-c3ccc(F)cc3F)c2C)cc1F. The quantitative estimate of drug-likeness (QED) is 0.574. The zero-order valence-corrected chi connectivity index (χ0v) is 18.0. The number of rotatable bonds is 6. The Morgan fingerprint density at radius 3 is 2.44 bits per heavy atom. The maximum absolute atomic E-state index is 14.1. The van der Waals surface area contributed by atoms with Crippen LogP contribution in [0.25, 0.3) is 5.69 Å². The Bertz CT molecular complexity index is 1190. The Hall–Kier alpha value is -3.62. The van der Waals surface area contributed by atoms with Crippen LogP contribution < -0.4 is 5.32 Å². The highest BCUT2D eigenvalue weighted by Crippen LogP contribution is 2.22. The van der Waals surface area contributed by atoms with Crippen molar-refractivity contribution >= 4 is 17.6 Å². The molecule has 32 heavy (non-hydrogen) atoms. The van der Waals surface area contributed by atoms with E-state index in [1.165, 1.54) is 29.8 Å². The molecule has 0 spiro atoms. The number of esters is 1. The first-order valence-corrected chi connectivity index (χ1v) is 9.84. The first kappa shape index (κ1) is 23.1. The van der Waals surface area contributed by atoms with Crippen LogP contribution >= 0.6 is 0 Å². The van der Waals surface area contributed by atoms with Gasteiger partial charge in [-0.1, -0.05) is 6.07 Å². The number of nitrogens with one attached hydrogen (secondary N) is 1. The summed E-state index contributed by atoms with van der Waals surface area (Å²) < 4.78 is 47.5. The van der Waals surface area contributed by atoms with Gasteiger partial charge in [-0.15, -0.1) is 0 Å². The molecule has 1 aromatic heterocycles. The summed E-state index contributed by atoms with van der Waals surface area (Å²) in [6.45, 7) is 6.29. The van der Waals surface area contributed by atoms with Gasteiger partial charge >= 0.3 is 5.97 Å². The van der Waals surface area contributed by atoms with Gasteiger partial charge in [0.15, 0.2) is 11.9 Å². The summed E-state index contributed by atoms with van der Waals surface area (Å²) in [6, 6.07) is 7.36. The fraction of sp³-hybridized carbons (Fsp3) is 0.261. The zero-order chi connectivity index (χ0) is 23.6. The van der Waals surface area contributed by atoms with Crippen LogP contribution in [0.4, 0.5) is 18.9 Å². The number of aromatic nitrogens is 2. The van der Waals surface area contributed by atoms with Crippen LogP contribution in [0.5, 0.6) is 0 Å². The first-order chi connectivity index (χ1) is 15.1. The summed E-state index contributed by atoms with van der Waals surface area (Å²) in [4.78, 5) is 24.7. The lowest BCUT2D eigenvalue weighted by Gasteiger charge is -2.14. The lowest BCUT2D eigenvalue weighted by Crippen LogP contribution is -2.30. The molecular weight excluding hydrogens is 423 g/mol. The number of hydrogen-bond acceptors (Lipinski definition) is 4. The Kier molecular flexibility index (Phi) is 6.67. The van der Waals surface area contributed by atoms with E-state index in [0.29, 0.717) is 22.5 Å². The third kappa shape index (κ3) is 4.99. The van der Waals surface area contributed by atoms with Crippen LogP contribution in [-0.2, 0) is 20.7 Å². The first-order valence-electron chi connectivity index (χ1n) is 9.84. The molecule has 0 bridgehead atoms. The largest absolute Gasteiger partial charge is 0.452 e. The lowest BCUT2D eigenvalue weighted by atomic mass is 10.1. The summed E-state index contributed by atoms with van der Waals surface area (Å²) >= 11 is 0. The third-order valence-corrected chi connectivity index (χ3v) is 5.02. The molecule has 3 aromatic rings. The van der Waals surface area contributed by atoms with Crippen LogP contribution in [0.15, 0.2) is 36.4 Å². The van der Waals surface area contributed by atoms with Crippen molar-refractivity contribution in [3.63, 3.8) is 0 Å². The van der Waals surface area contributed by atoms with Gasteiger partial charge in [0.1, 0.15) is 17.3 Å². The predicted molar refractivity (Wildman–Crippen MR) is 112 cm³/mol. The number of aryl methyl sites for hydroxylation is 2. The van der Waals surface area contributed by atoms with Gasteiger partial charge < -0.3 is 10.1 Å². The maximum atomic E-state index is 14.1. The van der Waals surface area contributed by atoms with Crippen LogP contribution in [-0.4, -0.2) is 27.8 Å². The number of carbonyl (C=O) groups excluding carboxylic acids is 2. The molecule has 168 valence electrons. The number of ether oxygens (including phenoxy) is 1. The summed E-state index contributed by atoms with van der Waals surface area (Å²) in [5, 5.41) is 6.73. The smallest absolute Gasteiger partial charge is 0.311 e. The second kappa shape index (κ2) is 9.25. The van der Waals surface area contributed by atoms with E-state index in [1.807, 2.05) is 0 Å². The minimum Gasteiger partial charge on any atom is -0.452 e. The predicted octanol–water partition coefficient (Wildman–Crippen LogP) is 4.33. The number of halogens is 3. The Labute approximate surface area is 183 Å². The summed E-state index contributed by atoms with van der Waals surface area (Å²) in [7, 11) is 0. The second-order valence-electron chi connectivity index (χ2n) is 7.42. The van der Waals surface area contributed by atoms with Crippen molar-refractivity contribution in [2.24, 2.45) is 0 Å². The molecule has 6 nitrogen and oxygen atoms in total. The molecule has 1 N–H and O–H groups in total. The fourth-order valence-electron chi connectivity index (χ4n) is 3.17. The van der Waals surface area contributed by atoms with Gasteiger partial charge in [0.25, 0.3) is 5.91 Å². The van der Waals surface area contributed by atoms with Gasteiger partial charge in [-0.25, -0.2) is 17.9 Å². The minimum atomic E-state index is -1.13. The van der Waals surface area contributed by atoms with E-state index < -0.39 is 35.4 Å². The summed E-state index contributed by atoms with van der Waals surface area (Å²) in [5.41, 5.74) is 2.19. The van der Waals surface area contributed by atoms with E-state index in [4.69, 9.17) is 4.74 Å². The van der Waals surface area contributed by atoms with Crippen LogP contribution in [0.3, 0.4) is 0 Å². The van der Waals surface area contributed by atoms with Gasteiger partial charge in [-0.05, 0) is 57.5 Å². The van der Waals surface area contributed by atoms with Crippen molar-refractivity contribution in [3.05, 3.63) is 76.4 Å². The van der Waals surface area contributed by atoms with E-state index in [1.54, 1.807) is 26.8 Å². The molecule has 0 aliphatic carbocycles. The average Bonchev–Trinajstić information content (AvgIpc) is 2.98. The monoisotopic (exact) mass is 445 g/mol. The molecular formula is C23H22F3N3O3. The Morgan fingerprint density at radius 2 is 1.78 bits per heavy atom. The van der Waals surface area contributed by atoms with E-state index in [-0.39, 0.29) is 17.8 Å². The summed E-state index contributed by atoms with van der Waals surface area (Å²) in [5.74, 6) is -3.26. The molecule has 0 saturated heterocycles. The molecule has 2 aromatic carbocycles. The topological polar surface area (TPSA) is 73.2 Å². The van der Waals surface area contributed by atoms with Gasteiger partial charge in [0.2, 0.25) is 0 Å². The number of anilines is 1. The van der Waals surface area contributed by atoms with E-state index in [9.17, 15) is 22.8 Å². The van der Waals surface area contributed by atoms with Gasteiger partial charge in [0.05, 0.1) is 12.1 Å². The number of benzene rings is 2. The fourth-order valence-corrected chi connectivity index (χ4v) is 3.17. The zero-order valence-electron chi connectivity index (χ0n) is 18.0.